The first-order valence-electron chi connectivity index (χ1n) is 8.47. The molecule has 8 nitrogen and oxygen atoms in total. The first-order valence-corrected chi connectivity index (χ1v) is 10.0. The summed E-state index contributed by atoms with van der Waals surface area (Å²) < 4.78 is 49.3. The van der Waals surface area contributed by atoms with Crippen molar-refractivity contribution in [3.05, 3.63) is 42.2 Å². The zero-order chi connectivity index (χ0) is 20.3. The molecule has 1 aromatic heterocycles. The Labute approximate surface area is 161 Å². The number of carbonyl (C=O) groups excluding carboxylic acids is 1. The molecule has 0 spiro atoms. The van der Waals surface area contributed by atoms with Gasteiger partial charge < -0.3 is 15.1 Å². The minimum atomic E-state index is -4.91. The van der Waals surface area contributed by atoms with Crippen LogP contribution in [0.4, 0.5) is 20.4 Å². The average Bonchev–Trinajstić information content (AvgIpc) is 2.69. The number of sulfone groups is 1. The maximum atomic E-state index is 12.9. The Bertz CT molecular complexity index is 946. The molecule has 1 aromatic carbocycles. The smallest absolute Gasteiger partial charge is 0.338 e. The van der Waals surface area contributed by atoms with Crippen molar-refractivity contribution >= 4 is 27.4 Å². The standard InChI is InChI=1S/C17H19F2N5O3S/c1-23-6-8-24(9-7-23)17-20-10-12(11-21-17)22-15(25)13-4-2-3-5-14(13)28(26,27)16(18)19/h2-5,10-11,16H,6-9H2,1H3,(H,22,25). The molecule has 0 unspecified atom stereocenters. The van der Waals surface area contributed by atoms with E-state index < -0.39 is 26.4 Å². The lowest BCUT2D eigenvalue weighted by molar-refractivity contribution is 0.102. The molecule has 0 saturated carbocycles. The highest BCUT2D eigenvalue weighted by Crippen LogP contribution is 2.23. The number of benzene rings is 1. The molecule has 1 fully saturated rings. The van der Waals surface area contributed by atoms with Gasteiger partial charge in [0.15, 0.2) is 0 Å². The van der Waals surface area contributed by atoms with Gasteiger partial charge in [-0.15, -0.1) is 0 Å². The molecule has 0 aliphatic carbocycles. The Balaban J connectivity index is 1.76. The molecule has 1 aliphatic heterocycles. The van der Waals surface area contributed by atoms with Gasteiger partial charge in [-0.2, -0.15) is 8.78 Å². The number of amides is 1. The van der Waals surface area contributed by atoms with Crippen molar-refractivity contribution in [2.75, 3.05) is 43.4 Å². The van der Waals surface area contributed by atoms with Crippen molar-refractivity contribution in [3.8, 4) is 0 Å². The van der Waals surface area contributed by atoms with E-state index in [2.05, 4.69) is 20.2 Å². The number of hydrogen-bond donors (Lipinski definition) is 1. The van der Waals surface area contributed by atoms with Crippen molar-refractivity contribution in [2.45, 2.75) is 10.7 Å². The van der Waals surface area contributed by atoms with Crippen LogP contribution in [0.25, 0.3) is 0 Å². The molecule has 1 N–H and O–H groups in total. The quantitative estimate of drug-likeness (QED) is 0.796. The third-order valence-electron chi connectivity index (χ3n) is 4.35. The molecule has 11 heteroatoms. The summed E-state index contributed by atoms with van der Waals surface area (Å²) in [5.41, 5.74) is -0.141. The Morgan fingerprint density at radius 2 is 1.71 bits per heavy atom. The number of anilines is 2. The van der Waals surface area contributed by atoms with Gasteiger partial charge in [0.25, 0.3) is 5.91 Å². The Hall–Kier alpha value is -2.66. The lowest BCUT2D eigenvalue weighted by atomic mass is 10.2. The van der Waals surface area contributed by atoms with Crippen LogP contribution in [-0.4, -0.2) is 68.2 Å². The summed E-state index contributed by atoms with van der Waals surface area (Å²) in [5, 5.41) is 2.45. The summed E-state index contributed by atoms with van der Waals surface area (Å²) in [6.07, 6.45) is 2.78. The van der Waals surface area contributed by atoms with Crippen molar-refractivity contribution in [3.63, 3.8) is 0 Å². The topological polar surface area (TPSA) is 95.5 Å². The van der Waals surface area contributed by atoms with E-state index in [1.807, 2.05) is 11.9 Å². The van der Waals surface area contributed by atoms with Crippen LogP contribution in [0.2, 0.25) is 0 Å². The van der Waals surface area contributed by atoms with Gasteiger partial charge >= 0.3 is 5.76 Å². The molecule has 1 amide bonds. The number of alkyl halides is 2. The number of halogens is 2. The van der Waals surface area contributed by atoms with E-state index in [9.17, 15) is 22.0 Å². The number of piperazine rings is 1. The number of nitrogens with one attached hydrogen (secondary N) is 1. The van der Waals surface area contributed by atoms with E-state index in [0.29, 0.717) is 5.95 Å². The first-order chi connectivity index (χ1) is 13.3. The van der Waals surface area contributed by atoms with Crippen LogP contribution >= 0.6 is 0 Å². The summed E-state index contributed by atoms with van der Waals surface area (Å²) in [5.74, 6) is -3.93. The lowest BCUT2D eigenvalue weighted by Crippen LogP contribution is -2.45. The second-order valence-electron chi connectivity index (χ2n) is 6.32. The van der Waals surface area contributed by atoms with E-state index in [-0.39, 0.29) is 11.3 Å². The van der Waals surface area contributed by atoms with Gasteiger partial charge in [-0.1, -0.05) is 12.1 Å². The normalized spacial score (nSPS) is 15.6. The lowest BCUT2D eigenvalue weighted by Gasteiger charge is -2.32. The highest BCUT2D eigenvalue weighted by atomic mass is 32.2. The molecule has 0 bridgehead atoms. The predicted molar refractivity (Wildman–Crippen MR) is 99.3 cm³/mol. The third-order valence-corrected chi connectivity index (χ3v) is 5.79. The third kappa shape index (κ3) is 4.25. The molecule has 1 aliphatic rings. The van der Waals surface area contributed by atoms with E-state index in [1.54, 1.807) is 0 Å². The van der Waals surface area contributed by atoms with E-state index in [0.717, 1.165) is 32.2 Å². The Morgan fingerprint density at radius 3 is 2.32 bits per heavy atom. The minimum Gasteiger partial charge on any atom is -0.338 e. The van der Waals surface area contributed by atoms with Crippen molar-refractivity contribution in [2.24, 2.45) is 0 Å². The van der Waals surface area contributed by atoms with E-state index in [4.69, 9.17) is 0 Å². The highest BCUT2D eigenvalue weighted by Gasteiger charge is 2.30. The molecule has 2 aromatic rings. The van der Waals surface area contributed by atoms with Crippen molar-refractivity contribution in [1.29, 1.82) is 0 Å². The number of carbonyl (C=O) groups is 1. The second kappa shape index (κ2) is 8.15. The van der Waals surface area contributed by atoms with Gasteiger partial charge in [0.1, 0.15) is 0 Å². The fourth-order valence-electron chi connectivity index (χ4n) is 2.75. The number of nitrogens with zero attached hydrogens (tertiary/aromatic N) is 4. The van der Waals surface area contributed by atoms with E-state index in [1.165, 1.54) is 30.6 Å². The molecule has 0 radical (unpaired) electrons. The number of likely N-dealkylation sites (N-methyl/N-ethyl adjacent to an activating group) is 1. The zero-order valence-corrected chi connectivity index (χ0v) is 15.9. The molecule has 3 rings (SSSR count). The molecule has 150 valence electrons. The monoisotopic (exact) mass is 411 g/mol. The zero-order valence-electron chi connectivity index (χ0n) is 15.0. The van der Waals surface area contributed by atoms with Gasteiger partial charge in [-0.25, -0.2) is 18.4 Å². The summed E-state index contributed by atoms with van der Waals surface area (Å²) in [4.78, 5) is 24.3. The summed E-state index contributed by atoms with van der Waals surface area (Å²) >= 11 is 0. The maximum absolute atomic E-state index is 12.9. The van der Waals surface area contributed by atoms with Crippen LogP contribution in [0.3, 0.4) is 0 Å². The predicted octanol–water partition coefficient (Wildman–Crippen LogP) is 1.48. The molecule has 0 atom stereocenters. The van der Waals surface area contributed by atoms with Gasteiger partial charge in [-0.05, 0) is 19.2 Å². The van der Waals surface area contributed by atoms with Crippen LogP contribution in [0.15, 0.2) is 41.6 Å². The second-order valence-corrected chi connectivity index (χ2v) is 8.20. The summed E-state index contributed by atoms with van der Waals surface area (Å²) in [7, 11) is -2.88. The summed E-state index contributed by atoms with van der Waals surface area (Å²) in [6, 6.07) is 4.82. The first kappa shape index (κ1) is 20.1. The van der Waals surface area contributed by atoms with Crippen molar-refractivity contribution < 1.29 is 22.0 Å². The van der Waals surface area contributed by atoms with Gasteiger partial charge in [0.2, 0.25) is 15.8 Å². The van der Waals surface area contributed by atoms with Crippen molar-refractivity contribution in [1.82, 2.24) is 14.9 Å². The van der Waals surface area contributed by atoms with Gasteiger partial charge in [0, 0.05) is 26.2 Å². The number of hydrogen-bond acceptors (Lipinski definition) is 7. The SMILES string of the molecule is CN1CCN(c2ncc(NC(=O)c3ccccc3S(=O)(=O)C(F)F)cn2)CC1. The minimum absolute atomic E-state index is 0.229. The average molecular weight is 411 g/mol. The Morgan fingerprint density at radius 1 is 1.11 bits per heavy atom. The molecule has 28 heavy (non-hydrogen) atoms. The fraction of sp³-hybridized carbons (Fsp3) is 0.353. The molecule has 1 saturated heterocycles. The molecule has 2 heterocycles. The largest absolute Gasteiger partial charge is 0.341 e. The van der Waals surface area contributed by atoms with Crippen LogP contribution in [0.5, 0.6) is 0 Å². The van der Waals surface area contributed by atoms with Gasteiger partial charge in [0.05, 0.1) is 28.5 Å². The Kier molecular flexibility index (Phi) is 5.84. The van der Waals surface area contributed by atoms with Crippen LogP contribution < -0.4 is 10.2 Å². The van der Waals surface area contributed by atoms with Crippen LogP contribution in [0.1, 0.15) is 10.4 Å². The molecular formula is C17H19F2N5O3S. The number of aromatic nitrogens is 2. The highest BCUT2D eigenvalue weighted by molar-refractivity contribution is 7.91. The van der Waals surface area contributed by atoms with E-state index >= 15 is 0 Å². The van der Waals surface area contributed by atoms with Crippen LogP contribution in [-0.2, 0) is 9.84 Å². The fourth-order valence-corrected chi connectivity index (χ4v) is 3.68. The number of rotatable bonds is 5. The van der Waals surface area contributed by atoms with Gasteiger partial charge in [-0.3, -0.25) is 4.79 Å². The van der Waals surface area contributed by atoms with Crippen LogP contribution in [0, 0.1) is 0 Å². The summed E-state index contributed by atoms with van der Waals surface area (Å²) in [6.45, 7) is 3.33. The molecular weight excluding hydrogens is 392 g/mol. The maximum Gasteiger partial charge on any atom is 0.341 e.